The van der Waals surface area contributed by atoms with Crippen molar-refractivity contribution in [3.05, 3.63) is 27.7 Å². The summed E-state index contributed by atoms with van der Waals surface area (Å²) in [6.07, 6.45) is 0. The molecule has 6 nitrogen and oxygen atoms in total. The van der Waals surface area contributed by atoms with E-state index in [1.165, 1.54) is 6.07 Å². The molecule has 21 heavy (non-hydrogen) atoms. The van der Waals surface area contributed by atoms with Crippen molar-refractivity contribution in [1.82, 2.24) is 5.32 Å². The van der Waals surface area contributed by atoms with Gasteiger partial charge in [-0.2, -0.15) is 0 Å². The summed E-state index contributed by atoms with van der Waals surface area (Å²) >= 11 is 3.23. The van der Waals surface area contributed by atoms with E-state index in [1.54, 1.807) is 27.0 Å². The number of carboxylic acids is 1. The van der Waals surface area contributed by atoms with Crippen molar-refractivity contribution in [2.24, 2.45) is 0 Å². The molecular weight excluding hydrogens is 342 g/mol. The maximum absolute atomic E-state index is 11.7. The van der Waals surface area contributed by atoms with Gasteiger partial charge in [-0.3, -0.25) is 4.79 Å². The number of aromatic carboxylic acids is 1. The Balaban J connectivity index is 2.75. The van der Waals surface area contributed by atoms with Crippen molar-refractivity contribution >= 4 is 27.8 Å². The Morgan fingerprint density at radius 2 is 2.10 bits per heavy atom. The predicted molar refractivity (Wildman–Crippen MR) is 80.8 cm³/mol. The topological polar surface area (TPSA) is 84.9 Å². The molecule has 0 radical (unpaired) electrons. The quantitative estimate of drug-likeness (QED) is 0.777. The van der Waals surface area contributed by atoms with Crippen LogP contribution in [0.15, 0.2) is 16.6 Å². The molecule has 7 heteroatoms. The first kappa shape index (κ1) is 17.5. The molecule has 0 saturated heterocycles. The van der Waals surface area contributed by atoms with Gasteiger partial charge >= 0.3 is 5.97 Å². The zero-order valence-electron chi connectivity index (χ0n) is 12.1. The van der Waals surface area contributed by atoms with E-state index in [1.807, 2.05) is 0 Å². The lowest BCUT2D eigenvalue weighted by Crippen LogP contribution is -2.38. The van der Waals surface area contributed by atoms with Gasteiger partial charge in [-0.05, 0) is 31.5 Å². The molecule has 0 spiro atoms. The Kier molecular flexibility index (Phi) is 6.64. The minimum atomic E-state index is -1.11. The van der Waals surface area contributed by atoms with Gasteiger partial charge in [0.15, 0.2) is 6.61 Å². The highest BCUT2D eigenvalue weighted by molar-refractivity contribution is 9.10. The van der Waals surface area contributed by atoms with E-state index in [9.17, 15) is 14.7 Å². The average Bonchev–Trinajstić information content (AvgIpc) is 2.36. The van der Waals surface area contributed by atoms with E-state index in [0.717, 1.165) is 0 Å². The van der Waals surface area contributed by atoms with Gasteiger partial charge in [-0.15, -0.1) is 0 Å². The number of hydrogen-bond acceptors (Lipinski definition) is 4. The highest BCUT2D eigenvalue weighted by Crippen LogP contribution is 2.28. The molecule has 0 aliphatic carbocycles. The number of methoxy groups -OCH3 is 1. The Bertz CT molecular complexity index is 532. The molecule has 1 amide bonds. The average molecular weight is 360 g/mol. The van der Waals surface area contributed by atoms with Crippen molar-refractivity contribution in [1.29, 1.82) is 0 Å². The fourth-order valence-corrected chi connectivity index (χ4v) is 2.40. The third kappa shape index (κ3) is 5.35. The third-order valence-electron chi connectivity index (χ3n) is 2.64. The molecule has 0 saturated carbocycles. The molecule has 1 aromatic carbocycles. The summed E-state index contributed by atoms with van der Waals surface area (Å²) in [5.41, 5.74) is 0.652. The Labute approximate surface area is 131 Å². The van der Waals surface area contributed by atoms with Crippen molar-refractivity contribution in [2.75, 3.05) is 20.3 Å². The second-order valence-electron chi connectivity index (χ2n) is 4.62. The van der Waals surface area contributed by atoms with Gasteiger partial charge in [0, 0.05) is 17.6 Å². The van der Waals surface area contributed by atoms with Crippen LogP contribution in [0.3, 0.4) is 0 Å². The fraction of sp³-hybridized carbons (Fsp3) is 0.429. The molecule has 0 aliphatic rings. The molecule has 2 N–H and O–H groups in total. The molecule has 1 aromatic rings. The van der Waals surface area contributed by atoms with Crippen molar-refractivity contribution in [3.8, 4) is 5.75 Å². The highest BCUT2D eigenvalue weighted by Gasteiger charge is 2.17. The number of ether oxygens (including phenoxy) is 2. The van der Waals surface area contributed by atoms with Crippen LogP contribution in [-0.2, 0) is 9.53 Å². The summed E-state index contributed by atoms with van der Waals surface area (Å²) in [4.78, 5) is 22.9. The van der Waals surface area contributed by atoms with Gasteiger partial charge < -0.3 is 19.9 Å². The number of nitrogens with one attached hydrogen (secondary N) is 1. The standard InChI is InChI=1S/C14H18BrNO5/c1-8-4-10(15)5-11(14(18)19)13(8)21-7-12(17)16-9(2)6-20-3/h4-5,9H,6-7H2,1-3H3,(H,16,17)(H,18,19). The maximum Gasteiger partial charge on any atom is 0.339 e. The van der Waals surface area contributed by atoms with E-state index in [-0.39, 0.29) is 29.9 Å². The lowest BCUT2D eigenvalue weighted by Gasteiger charge is -2.15. The molecule has 1 rings (SSSR count). The van der Waals surface area contributed by atoms with Gasteiger partial charge in [0.2, 0.25) is 0 Å². The van der Waals surface area contributed by atoms with Crippen LogP contribution in [0.5, 0.6) is 5.75 Å². The van der Waals surface area contributed by atoms with E-state index < -0.39 is 5.97 Å². The Morgan fingerprint density at radius 1 is 1.43 bits per heavy atom. The zero-order valence-corrected chi connectivity index (χ0v) is 13.7. The van der Waals surface area contributed by atoms with Gasteiger partial charge in [0.1, 0.15) is 11.3 Å². The summed E-state index contributed by atoms with van der Waals surface area (Å²) < 4.78 is 10.9. The van der Waals surface area contributed by atoms with Gasteiger partial charge in [-0.25, -0.2) is 4.79 Å². The maximum atomic E-state index is 11.7. The predicted octanol–water partition coefficient (Wildman–Crippen LogP) is 1.99. The van der Waals surface area contributed by atoms with Crippen LogP contribution in [0, 0.1) is 6.92 Å². The Hall–Kier alpha value is -1.60. The minimum Gasteiger partial charge on any atom is -0.483 e. The first-order valence-corrected chi connectivity index (χ1v) is 7.09. The molecule has 1 unspecified atom stereocenters. The number of carbonyl (C=O) groups is 2. The minimum absolute atomic E-state index is 0.0135. The summed E-state index contributed by atoms with van der Waals surface area (Å²) in [7, 11) is 1.55. The molecule has 1 atom stereocenters. The SMILES string of the molecule is COCC(C)NC(=O)COc1c(C)cc(Br)cc1C(=O)O. The first-order valence-electron chi connectivity index (χ1n) is 6.29. The number of aryl methyl sites for hydroxylation is 1. The molecule has 0 bridgehead atoms. The number of hydrogen-bond donors (Lipinski definition) is 2. The molecule has 0 heterocycles. The lowest BCUT2D eigenvalue weighted by atomic mass is 10.1. The van der Waals surface area contributed by atoms with Crippen LogP contribution in [0.25, 0.3) is 0 Å². The largest absolute Gasteiger partial charge is 0.483 e. The Morgan fingerprint density at radius 3 is 2.67 bits per heavy atom. The molecule has 0 aliphatic heterocycles. The highest BCUT2D eigenvalue weighted by atomic mass is 79.9. The van der Waals surface area contributed by atoms with Crippen LogP contribution < -0.4 is 10.1 Å². The smallest absolute Gasteiger partial charge is 0.339 e. The van der Waals surface area contributed by atoms with Crippen LogP contribution in [-0.4, -0.2) is 43.3 Å². The molecular formula is C14H18BrNO5. The summed E-state index contributed by atoms with van der Waals surface area (Å²) in [5.74, 6) is -1.25. The molecule has 0 fully saturated rings. The lowest BCUT2D eigenvalue weighted by molar-refractivity contribution is -0.124. The second-order valence-corrected chi connectivity index (χ2v) is 5.53. The van der Waals surface area contributed by atoms with Gasteiger partial charge in [0.05, 0.1) is 6.61 Å². The van der Waals surface area contributed by atoms with E-state index in [2.05, 4.69) is 21.2 Å². The van der Waals surface area contributed by atoms with Crippen LogP contribution in [0.2, 0.25) is 0 Å². The number of halogens is 1. The van der Waals surface area contributed by atoms with Crippen molar-refractivity contribution in [3.63, 3.8) is 0 Å². The number of amides is 1. The number of carbonyl (C=O) groups excluding carboxylic acids is 1. The number of carboxylic acid groups (broad SMARTS) is 1. The molecule has 0 aromatic heterocycles. The van der Waals surface area contributed by atoms with Gasteiger partial charge in [-0.1, -0.05) is 15.9 Å². The monoisotopic (exact) mass is 359 g/mol. The van der Waals surface area contributed by atoms with Gasteiger partial charge in [0.25, 0.3) is 5.91 Å². The normalized spacial score (nSPS) is 11.8. The second kappa shape index (κ2) is 7.99. The zero-order chi connectivity index (χ0) is 16.0. The summed E-state index contributed by atoms with van der Waals surface area (Å²) in [5, 5.41) is 11.9. The van der Waals surface area contributed by atoms with E-state index in [0.29, 0.717) is 16.6 Å². The summed E-state index contributed by atoms with van der Waals surface area (Å²) in [6.45, 7) is 3.66. The fourth-order valence-electron chi connectivity index (χ4n) is 1.83. The van der Waals surface area contributed by atoms with E-state index in [4.69, 9.17) is 9.47 Å². The number of rotatable bonds is 7. The van der Waals surface area contributed by atoms with E-state index >= 15 is 0 Å². The van der Waals surface area contributed by atoms with Crippen LogP contribution in [0.4, 0.5) is 0 Å². The number of benzene rings is 1. The van der Waals surface area contributed by atoms with Crippen LogP contribution >= 0.6 is 15.9 Å². The summed E-state index contributed by atoms with van der Waals surface area (Å²) in [6, 6.07) is 3.03. The van der Waals surface area contributed by atoms with Crippen molar-refractivity contribution in [2.45, 2.75) is 19.9 Å². The first-order chi connectivity index (χ1) is 9.85. The third-order valence-corrected chi connectivity index (χ3v) is 3.10. The molecule has 116 valence electrons. The van der Waals surface area contributed by atoms with Crippen LogP contribution in [0.1, 0.15) is 22.8 Å². The van der Waals surface area contributed by atoms with Crippen molar-refractivity contribution < 1.29 is 24.2 Å².